The van der Waals surface area contributed by atoms with E-state index in [4.69, 9.17) is 34.8 Å². The molecule has 10 heteroatoms. The standard InChI is InChI=1S/C18H15Cl3N4O2S/c1-2-24(10-14(26)22-16-11(19)4-3-5-12(16)20)15(27)7-6-13-17(21)23-18-25(13)8-9-28-18/h3-9H,2,10H2,1H3,(H,22,26)/b7-6+. The summed E-state index contributed by atoms with van der Waals surface area (Å²) >= 11 is 19.7. The van der Waals surface area contributed by atoms with E-state index in [1.807, 2.05) is 11.6 Å². The van der Waals surface area contributed by atoms with Gasteiger partial charge in [0.15, 0.2) is 10.1 Å². The second-order valence-corrected chi connectivity index (χ2v) is 7.72. The summed E-state index contributed by atoms with van der Waals surface area (Å²) in [6.07, 6.45) is 4.77. The normalized spacial score (nSPS) is 11.3. The van der Waals surface area contributed by atoms with Crippen LogP contribution in [0.4, 0.5) is 5.69 Å². The maximum Gasteiger partial charge on any atom is 0.247 e. The van der Waals surface area contributed by atoms with Gasteiger partial charge in [0.2, 0.25) is 11.8 Å². The Hall–Kier alpha value is -2.06. The summed E-state index contributed by atoms with van der Waals surface area (Å²) in [5, 5.41) is 5.48. The summed E-state index contributed by atoms with van der Waals surface area (Å²) in [5.41, 5.74) is 0.926. The summed E-state index contributed by atoms with van der Waals surface area (Å²) in [6.45, 7) is 1.99. The molecule has 2 amide bonds. The number of nitrogens with one attached hydrogen (secondary N) is 1. The number of aromatic nitrogens is 2. The predicted octanol–water partition coefficient (Wildman–Crippen LogP) is 4.86. The number of nitrogens with zero attached hydrogens (tertiary/aromatic N) is 3. The van der Waals surface area contributed by atoms with Crippen LogP contribution < -0.4 is 5.32 Å². The summed E-state index contributed by atoms with van der Waals surface area (Å²) in [5.74, 6) is -0.731. The lowest BCUT2D eigenvalue weighted by Crippen LogP contribution is -2.37. The molecule has 0 spiro atoms. The molecule has 0 aliphatic heterocycles. The number of thiazole rings is 1. The summed E-state index contributed by atoms with van der Waals surface area (Å²) < 4.78 is 1.79. The number of para-hydroxylation sites is 1. The molecular formula is C18H15Cl3N4O2S. The lowest BCUT2D eigenvalue weighted by atomic mass is 10.3. The minimum atomic E-state index is -0.402. The van der Waals surface area contributed by atoms with E-state index in [1.165, 1.54) is 22.3 Å². The molecule has 0 aliphatic rings. The van der Waals surface area contributed by atoms with Crippen LogP contribution in [0.25, 0.3) is 11.0 Å². The third-order valence-corrected chi connectivity index (χ3v) is 5.56. The van der Waals surface area contributed by atoms with E-state index in [2.05, 4.69) is 10.3 Å². The fraction of sp³-hybridized carbons (Fsp3) is 0.167. The number of carbonyl (C=O) groups is 2. The first-order valence-corrected chi connectivity index (χ1v) is 10.2. The molecule has 0 bridgehead atoms. The molecule has 3 aromatic rings. The van der Waals surface area contributed by atoms with Crippen LogP contribution in [-0.2, 0) is 9.59 Å². The number of likely N-dealkylation sites (N-methyl/N-ethyl adjacent to an activating group) is 1. The van der Waals surface area contributed by atoms with Crippen LogP contribution in [0.1, 0.15) is 12.6 Å². The topological polar surface area (TPSA) is 66.7 Å². The molecule has 0 aliphatic carbocycles. The fourth-order valence-corrected chi connectivity index (χ4v) is 3.99. The van der Waals surface area contributed by atoms with E-state index in [1.54, 1.807) is 35.6 Å². The molecule has 6 nitrogen and oxygen atoms in total. The number of carbonyl (C=O) groups excluding carboxylic acids is 2. The highest BCUT2D eigenvalue weighted by Gasteiger charge is 2.16. The molecule has 2 aromatic heterocycles. The second-order valence-electron chi connectivity index (χ2n) is 5.67. The Bertz CT molecular complexity index is 1040. The first-order valence-electron chi connectivity index (χ1n) is 8.22. The van der Waals surface area contributed by atoms with Crippen molar-refractivity contribution in [2.45, 2.75) is 6.92 Å². The molecule has 0 atom stereocenters. The average molecular weight is 458 g/mol. The second kappa shape index (κ2) is 8.96. The highest BCUT2D eigenvalue weighted by Crippen LogP contribution is 2.29. The van der Waals surface area contributed by atoms with E-state index in [0.29, 0.717) is 33.1 Å². The number of hydrogen-bond donors (Lipinski definition) is 1. The maximum atomic E-state index is 12.5. The number of halogens is 3. The fourth-order valence-electron chi connectivity index (χ4n) is 2.50. The molecule has 0 radical (unpaired) electrons. The Morgan fingerprint density at radius 3 is 2.68 bits per heavy atom. The number of anilines is 1. The number of fused-ring (bicyclic) bond motifs is 1. The van der Waals surface area contributed by atoms with Crippen molar-refractivity contribution in [3.8, 4) is 0 Å². The van der Waals surface area contributed by atoms with Gasteiger partial charge in [-0.25, -0.2) is 4.98 Å². The van der Waals surface area contributed by atoms with Crippen LogP contribution in [-0.4, -0.2) is 39.2 Å². The zero-order valence-corrected chi connectivity index (χ0v) is 17.7. The molecular weight excluding hydrogens is 443 g/mol. The maximum absolute atomic E-state index is 12.5. The summed E-state index contributed by atoms with van der Waals surface area (Å²) in [6, 6.07) is 4.92. The zero-order valence-electron chi connectivity index (χ0n) is 14.7. The molecule has 146 valence electrons. The summed E-state index contributed by atoms with van der Waals surface area (Å²) in [4.78, 5) is 31.2. The van der Waals surface area contributed by atoms with Gasteiger partial charge in [-0.3, -0.25) is 14.0 Å². The predicted molar refractivity (Wildman–Crippen MR) is 114 cm³/mol. The number of benzene rings is 1. The van der Waals surface area contributed by atoms with E-state index in [-0.39, 0.29) is 12.5 Å². The Kier molecular flexibility index (Phi) is 6.61. The Balaban J connectivity index is 1.69. The number of rotatable bonds is 6. The van der Waals surface area contributed by atoms with Crippen LogP contribution in [0.3, 0.4) is 0 Å². The Labute approximate surface area is 180 Å². The number of imidazole rings is 1. The van der Waals surface area contributed by atoms with E-state index >= 15 is 0 Å². The largest absolute Gasteiger partial charge is 0.330 e. The van der Waals surface area contributed by atoms with Gasteiger partial charge in [-0.05, 0) is 25.1 Å². The van der Waals surface area contributed by atoms with Gasteiger partial charge in [0.25, 0.3) is 0 Å². The third kappa shape index (κ3) is 4.50. The van der Waals surface area contributed by atoms with Crippen molar-refractivity contribution in [3.63, 3.8) is 0 Å². The van der Waals surface area contributed by atoms with Crippen molar-refractivity contribution in [1.82, 2.24) is 14.3 Å². The monoisotopic (exact) mass is 456 g/mol. The third-order valence-electron chi connectivity index (χ3n) is 3.89. The molecule has 3 rings (SSSR count). The van der Waals surface area contributed by atoms with Gasteiger partial charge < -0.3 is 10.2 Å². The smallest absolute Gasteiger partial charge is 0.247 e. The number of hydrogen-bond acceptors (Lipinski definition) is 4. The Morgan fingerprint density at radius 2 is 2.00 bits per heavy atom. The first kappa shape index (κ1) is 20.7. The van der Waals surface area contributed by atoms with Gasteiger partial charge in [0.05, 0.1) is 21.4 Å². The van der Waals surface area contributed by atoms with E-state index < -0.39 is 5.91 Å². The van der Waals surface area contributed by atoms with Crippen LogP contribution in [0.5, 0.6) is 0 Å². The zero-order chi connectivity index (χ0) is 20.3. The minimum Gasteiger partial charge on any atom is -0.330 e. The molecule has 0 fully saturated rings. The molecule has 1 aromatic carbocycles. The van der Waals surface area contributed by atoms with Gasteiger partial charge in [0, 0.05) is 24.2 Å². The van der Waals surface area contributed by atoms with Gasteiger partial charge >= 0.3 is 0 Å². The lowest BCUT2D eigenvalue weighted by molar-refractivity contribution is -0.130. The van der Waals surface area contributed by atoms with Crippen LogP contribution in [0.2, 0.25) is 15.2 Å². The van der Waals surface area contributed by atoms with Crippen molar-refractivity contribution in [2.24, 2.45) is 0 Å². The van der Waals surface area contributed by atoms with Gasteiger partial charge in [-0.1, -0.05) is 40.9 Å². The van der Waals surface area contributed by atoms with Gasteiger partial charge in [0.1, 0.15) is 6.54 Å². The number of amides is 2. The SMILES string of the molecule is CCN(CC(=O)Nc1c(Cl)cccc1Cl)C(=O)/C=C/c1c(Cl)nc2sccn12. The quantitative estimate of drug-likeness (QED) is 0.538. The minimum absolute atomic E-state index is 0.144. The van der Waals surface area contributed by atoms with Crippen molar-refractivity contribution in [1.29, 1.82) is 0 Å². The Morgan fingerprint density at radius 1 is 1.29 bits per heavy atom. The van der Waals surface area contributed by atoms with Gasteiger partial charge in [-0.15, -0.1) is 11.3 Å². The first-order chi connectivity index (χ1) is 13.4. The molecule has 1 N–H and O–H groups in total. The summed E-state index contributed by atoms with van der Waals surface area (Å²) in [7, 11) is 0. The highest BCUT2D eigenvalue weighted by molar-refractivity contribution is 7.15. The lowest BCUT2D eigenvalue weighted by Gasteiger charge is -2.19. The van der Waals surface area contributed by atoms with E-state index in [0.717, 1.165) is 4.96 Å². The highest BCUT2D eigenvalue weighted by atomic mass is 35.5. The van der Waals surface area contributed by atoms with Crippen LogP contribution in [0, 0.1) is 0 Å². The van der Waals surface area contributed by atoms with Crippen molar-refractivity contribution >= 4 is 74.7 Å². The average Bonchev–Trinajstić information content (AvgIpc) is 3.21. The molecule has 2 heterocycles. The van der Waals surface area contributed by atoms with Crippen LogP contribution in [0.15, 0.2) is 35.9 Å². The molecule has 0 unspecified atom stereocenters. The molecule has 0 saturated heterocycles. The van der Waals surface area contributed by atoms with Crippen LogP contribution >= 0.6 is 46.1 Å². The molecule has 28 heavy (non-hydrogen) atoms. The van der Waals surface area contributed by atoms with Crippen molar-refractivity contribution < 1.29 is 9.59 Å². The van der Waals surface area contributed by atoms with E-state index in [9.17, 15) is 9.59 Å². The van der Waals surface area contributed by atoms with Gasteiger partial charge in [-0.2, -0.15) is 0 Å². The molecule has 0 saturated carbocycles. The van der Waals surface area contributed by atoms with Crippen molar-refractivity contribution in [3.05, 3.63) is 56.7 Å². The van der Waals surface area contributed by atoms with Crippen molar-refractivity contribution in [2.75, 3.05) is 18.4 Å².